The predicted octanol–water partition coefficient (Wildman–Crippen LogP) is -1.09. The van der Waals surface area contributed by atoms with Gasteiger partial charge in [0.15, 0.2) is 0 Å². The van der Waals surface area contributed by atoms with Crippen molar-refractivity contribution in [1.29, 1.82) is 0 Å². The normalized spacial score (nSPS) is 11.0. The molecule has 1 radical (unpaired) electrons. The molecule has 0 spiro atoms. The van der Waals surface area contributed by atoms with Gasteiger partial charge in [0.2, 0.25) is 0 Å². The minimum atomic E-state index is -3.50. The van der Waals surface area contributed by atoms with Gasteiger partial charge in [-0.25, -0.2) is 0 Å². The Bertz CT molecular complexity index is 519. The maximum Gasteiger partial charge on any atom is 0.312 e. The van der Waals surface area contributed by atoms with Crippen molar-refractivity contribution in [2.75, 3.05) is 0 Å². The third kappa shape index (κ3) is 5.36. The molecule has 14 nitrogen and oxygen atoms in total. The molecule has 0 aromatic carbocycles. The average Bonchev–Trinajstić information content (AvgIpc) is 2.33. The maximum absolute atomic E-state index is 11.4. The van der Waals surface area contributed by atoms with Crippen LogP contribution in [-0.2, 0) is 36.2 Å². The second-order valence-electron chi connectivity index (χ2n) is 4.86. The smallest absolute Gasteiger partial charge is 0.312 e. The van der Waals surface area contributed by atoms with Crippen LogP contribution in [-0.4, -0.2) is 65.2 Å². The van der Waals surface area contributed by atoms with Crippen LogP contribution in [0.5, 0.6) is 0 Å². The van der Waals surface area contributed by atoms with Crippen LogP contribution in [0.2, 0.25) is 0 Å². The number of rotatable bonds is 11. The number of hydrogen-bond donors (Lipinski definition) is 4. The minimum Gasteiger partial charge on any atom is -0.481 e. The maximum atomic E-state index is 11.4. The van der Waals surface area contributed by atoms with E-state index in [1.165, 1.54) is 0 Å². The fraction of sp³-hybridized carbons (Fsp3) is 0.600. The molecule has 0 atom stereocenters. The number of aliphatic carboxylic acids is 4. The summed E-state index contributed by atoms with van der Waals surface area (Å²) in [7, 11) is 0. The van der Waals surface area contributed by atoms with Gasteiger partial charge in [-0.3, -0.25) is 39.4 Å². The number of carboxylic acid groups (broad SMARTS) is 4. The van der Waals surface area contributed by atoms with Gasteiger partial charge in [-0.05, 0) is 0 Å². The van der Waals surface area contributed by atoms with Crippen LogP contribution in [0.1, 0.15) is 25.7 Å². The molecule has 0 aliphatic rings. The number of nitro groups is 2. The predicted molar refractivity (Wildman–Crippen MR) is 68.5 cm³/mol. The van der Waals surface area contributed by atoms with Crippen molar-refractivity contribution in [1.82, 2.24) is 0 Å². The Kier molecular flexibility index (Phi) is 8.69. The van der Waals surface area contributed by atoms with Crippen LogP contribution in [0.4, 0.5) is 0 Å². The quantitative estimate of drug-likeness (QED) is 0.179. The van der Waals surface area contributed by atoms with E-state index in [0.29, 0.717) is 0 Å². The van der Waals surface area contributed by atoms with Gasteiger partial charge in [0.05, 0.1) is 0 Å². The summed E-state index contributed by atoms with van der Waals surface area (Å²) in [6.07, 6.45) is -7.02. The van der Waals surface area contributed by atoms with Crippen LogP contribution in [0, 0.1) is 20.2 Å². The zero-order valence-corrected chi connectivity index (χ0v) is 13.0. The average molecular weight is 416 g/mol. The molecule has 0 amide bonds. The van der Waals surface area contributed by atoms with Gasteiger partial charge >= 0.3 is 35.0 Å². The summed E-state index contributed by atoms with van der Waals surface area (Å²) in [5, 5.41) is 58.0. The molecule has 0 bridgehead atoms. The third-order valence-corrected chi connectivity index (χ3v) is 3.34. The topological polar surface area (TPSA) is 235 Å². The molecule has 0 aliphatic carbocycles. The van der Waals surface area contributed by atoms with E-state index in [1.807, 2.05) is 0 Å². The molecule has 25 heavy (non-hydrogen) atoms. The Morgan fingerprint density at radius 2 is 0.800 bits per heavy atom. The minimum absolute atomic E-state index is 0. The standard InChI is InChI=1S/C10H12N2O12.Cu/c13-5(14)1-9(11(21)22,2-6(15)16)10(12(23)24,3-7(17)18)4-8(19)20;/h1-4H2,(H,13,14)(H,15,16)(H,17,18)(H,19,20);. The Morgan fingerprint density at radius 1 is 0.640 bits per heavy atom. The second kappa shape index (κ2) is 8.89. The first-order valence-electron chi connectivity index (χ1n) is 5.97. The number of nitrogens with zero attached hydrogens (tertiary/aromatic N) is 2. The molecule has 145 valence electrons. The molecule has 0 aliphatic heterocycles. The molecule has 0 rings (SSSR count). The van der Waals surface area contributed by atoms with Crippen LogP contribution in [0.25, 0.3) is 0 Å². The van der Waals surface area contributed by atoms with Gasteiger partial charge in [0.25, 0.3) is 0 Å². The van der Waals surface area contributed by atoms with Crippen molar-refractivity contribution in [2.45, 2.75) is 36.8 Å². The zero-order valence-electron chi connectivity index (χ0n) is 12.1. The number of carboxylic acids is 4. The van der Waals surface area contributed by atoms with Crippen LogP contribution in [0.15, 0.2) is 0 Å². The van der Waals surface area contributed by atoms with E-state index in [2.05, 4.69) is 0 Å². The molecule has 0 aromatic heterocycles. The first-order valence-corrected chi connectivity index (χ1v) is 5.97. The van der Waals surface area contributed by atoms with Gasteiger partial charge in [0.1, 0.15) is 25.7 Å². The van der Waals surface area contributed by atoms with Gasteiger partial charge in [-0.15, -0.1) is 0 Å². The van der Waals surface area contributed by atoms with E-state index >= 15 is 0 Å². The van der Waals surface area contributed by atoms with Crippen LogP contribution in [0.3, 0.4) is 0 Å². The van der Waals surface area contributed by atoms with E-state index in [0.717, 1.165) is 0 Å². The van der Waals surface area contributed by atoms with Crippen molar-refractivity contribution in [3.63, 3.8) is 0 Å². The number of hydrogen-bond acceptors (Lipinski definition) is 8. The molecule has 0 unspecified atom stereocenters. The molecular weight excluding hydrogens is 404 g/mol. The molecule has 0 saturated heterocycles. The number of carbonyl (C=O) groups is 4. The SMILES string of the molecule is O=C(O)CC(CC(=O)O)([N+](=O)[O-])C(CC(=O)O)(CC(=O)O)[N+](=O)[O-].[Cu]. The van der Waals surface area contributed by atoms with Gasteiger partial charge < -0.3 is 20.4 Å². The fourth-order valence-corrected chi connectivity index (χ4v) is 2.38. The first kappa shape index (κ1) is 24.5. The molecule has 0 saturated carbocycles. The monoisotopic (exact) mass is 415 g/mol. The molecule has 0 fully saturated rings. The van der Waals surface area contributed by atoms with Gasteiger partial charge in [0, 0.05) is 26.9 Å². The molecule has 0 aromatic rings. The summed E-state index contributed by atoms with van der Waals surface area (Å²) in [6, 6.07) is 0. The summed E-state index contributed by atoms with van der Waals surface area (Å²) in [6.45, 7) is 0. The Labute approximate surface area is 148 Å². The summed E-state index contributed by atoms with van der Waals surface area (Å²) in [5.41, 5.74) is -6.99. The summed E-state index contributed by atoms with van der Waals surface area (Å²) < 4.78 is 0. The van der Waals surface area contributed by atoms with E-state index in [1.54, 1.807) is 0 Å². The van der Waals surface area contributed by atoms with E-state index in [4.69, 9.17) is 20.4 Å². The van der Waals surface area contributed by atoms with Crippen molar-refractivity contribution in [3.8, 4) is 0 Å². The Morgan fingerprint density at radius 3 is 0.880 bits per heavy atom. The van der Waals surface area contributed by atoms with Crippen molar-refractivity contribution < 1.29 is 66.5 Å². The molecule has 0 heterocycles. The molecular formula is C10H12CuN2O12. The summed E-state index contributed by atoms with van der Waals surface area (Å²) >= 11 is 0. The largest absolute Gasteiger partial charge is 0.481 e. The van der Waals surface area contributed by atoms with E-state index < -0.39 is 70.5 Å². The Hall–Kier alpha value is -2.80. The fourth-order valence-electron chi connectivity index (χ4n) is 2.38. The summed E-state index contributed by atoms with van der Waals surface area (Å²) in [4.78, 5) is 63.3. The van der Waals surface area contributed by atoms with Crippen molar-refractivity contribution in [2.24, 2.45) is 0 Å². The third-order valence-electron chi connectivity index (χ3n) is 3.34. The van der Waals surface area contributed by atoms with Crippen LogP contribution < -0.4 is 0 Å². The van der Waals surface area contributed by atoms with Crippen LogP contribution >= 0.6 is 0 Å². The first-order chi connectivity index (χ1) is 10.8. The Balaban J connectivity index is 0. The molecule has 15 heteroatoms. The van der Waals surface area contributed by atoms with Gasteiger partial charge in [-0.2, -0.15) is 0 Å². The second-order valence-corrected chi connectivity index (χ2v) is 4.86. The van der Waals surface area contributed by atoms with Crippen molar-refractivity contribution >= 4 is 23.9 Å². The van der Waals surface area contributed by atoms with Gasteiger partial charge in [-0.1, -0.05) is 0 Å². The molecule has 4 N–H and O–H groups in total. The summed E-state index contributed by atoms with van der Waals surface area (Å²) in [5.74, 6) is -8.13. The zero-order chi connectivity index (χ0) is 19.3. The van der Waals surface area contributed by atoms with Crippen molar-refractivity contribution in [3.05, 3.63) is 20.2 Å². The van der Waals surface area contributed by atoms with E-state index in [-0.39, 0.29) is 17.1 Å². The van der Waals surface area contributed by atoms with E-state index in [9.17, 15) is 39.4 Å².